The predicted octanol–water partition coefficient (Wildman–Crippen LogP) is 3.24. The zero-order valence-electron chi connectivity index (χ0n) is 9.67. The van der Waals surface area contributed by atoms with E-state index in [2.05, 4.69) is 26.3 Å². The maximum atomic E-state index is 13.1. The monoisotopic (exact) mass is 297 g/mol. The summed E-state index contributed by atoms with van der Waals surface area (Å²) >= 11 is 3.38. The molecule has 0 spiro atoms. The Morgan fingerprint density at radius 2 is 2.24 bits per heavy atom. The molecule has 2 aromatic rings. The van der Waals surface area contributed by atoms with E-state index in [4.69, 9.17) is 0 Å². The van der Waals surface area contributed by atoms with E-state index >= 15 is 0 Å². The van der Waals surface area contributed by atoms with Crippen LogP contribution in [0.2, 0.25) is 0 Å². The molecule has 0 amide bonds. The van der Waals surface area contributed by atoms with E-state index in [1.165, 1.54) is 12.1 Å². The lowest BCUT2D eigenvalue weighted by Crippen LogP contribution is -2.02. The Balaban J connectivity index is 2.12. The number of anilines is 1. The number of halogens is 2. The van der Waals surface area contributed by atoms with Crippen molar-refractivity contribution in [2.75, 3.05) is 5.32 Å². The summed E-state index contributed by atoms with van der Waals surface area (Å²) in [5, 5.41) is 7.34. The number of hydrogen-bond donors (Lipinski definition) is 1. The maximum Gasteiger partial charge on any atom is 0.125 e. The molecule has 0 fully saturated rings. The number of aryl methyl sites for hydroxylation is 1. The largest absolute Gasteiger partial charge is 0.380 e. The third kappa shape index (κ3) is 2.66. The molecule has 5 heteroatoms. The van der Waals surface area contributed by atoms with E-state index in [1.807, 2.05) is 24.9 Å². The zero-order chi connectivity index (χ0) is 12.4. The summed E-state index contributed by atoms with van der Waals surface area (Å²) in [4.78, 5) is 0. The number of benzene rings is 1. The van der Waals surface area contributed by atoms with E-state index in [-0.39, 0.29) is 5.82 Å². The fourth-order valence-electron chi connectivity index (χ4n) is 1.54. The highest BCUT2D eigenvalue weighted by Gasteiger charge is 2.05. The third-order valence-corrected chi connectivity index (χ3v) is 3.43. The molecule has 1 aromatic heterocycles. The van der Waals surface area contributed by atoms with Gasteiger partial charge in [0.1, 0.15) is 5.82 Å². The lowest BCUT2D eigenvalue weighted by molar-refractivity contribution is 0.628. The molecule has 0 saturated carbocycles. The van der Waals surface area contributed by atoms with Gasteiger partial charge < -0.3 is 5.32 Å². The van der Waals surface area contributed by atoms with E-state index < -0.39 is 0 Å². The number of rotatable bonds is 3. The van der Waals surface area contributed by atoms with Crippen LogP contribution < -0.4 is 5.32 Å². The van der Waals surface area contributed by atoms with Crippen molar-refractivity contribution in [2.45, 2.75) is 13.5 Å². The number of nitrogens with one attached hydrogen (secondary N) is 1. The molecule has 1 aromatic carbocycles. The third-order valence-electron chi connectivity index (χ3n) is 2.73. The summed E-state index contributed by atoms with van der Waals surface area (Å²) in [6.07, 6.45) is 1.82. The van der Waals surface area contributed by atoms with E-state index in [0.29, 0.717) is 6.54 Å². The van der Waals surface area contributed by atoms with Gasteiger partial charge in [-0.25, -0.2) is 4.39 Å². The van der Waals surface area contributed by atoms with Crippen molar-refractivity contribution in [3.8, 4) is 0 Å². The first-order chi connectivity index (χ1) is 8.08. The van der Waals surface area contributed by atoms with Gasteiger partial charge in [-0.3, -0.25) is 4.68 Å². The van der Waals surface area contributed by atoms with Gasteiger partial charge in [0.05, 0.1) is 11.9 Å². The Morgan fingerprint density at radius 1 is 1.47 bits per heavy atom. The second kappa shape index (κ2) is 4.87. The second-order valence-corrected chi connectivity index (χ2v) is 4.71. The van der Waals surface area contributed by atoms with Gasteiger partial charge in [0.15, 0.2) is 0 Å². The van der Waals surface area contributed by atoms with Crippen LogP contribution in [-0.2, 0) is 13.6 Å². The molecular formula is C12H13BrFN3. The first-order valence-corrected chi connectivity index (χ1v) is 6.03. The topological polar surface area (TPSA) is 29.9 Å². The molecule has 17 heavy (non-hydrogen) atoms. The minimum absolute atomic E-state index is 0.251. The highest BCUT2D eigenvalue weighted by atomic mass is 79.9. The van der Waals surface area contributed by atoms with Crippen LogP contribution in [-0.4, -0.2) is 9.78 Å². The molecule has 3 nitrogen and oxygen atoms in total. The fourth-order valence-corrected chi connectivity index (χ4v) is 1.93. The summed E-state index contributed by atoms with van der Waals surface area (Å²) < 4.78 is 15.7. The average molecular weight is 298 g/mol. The van der Waals surface area contributed by atoms with Crippen LogP contribution in [0.25, 0.3) is 0 Å². The minimum Gasteiger partial charge on any atom is -0.380 e. The average Bonchev–Trinajstić information content (AvgIpc) is 2.62. The Kier molecular flexibility index (Phi) is 3.47. The number of hydrogen-bond acceptors (Lipinski definition) is 2. The first-order valence-electron chi connectivity index (χ1n) is 5.24. The molecule has 1 N–H and O–H groups in total. The summed E-state index contributed by atoms with van der Waals surface area (Å²) in [5.74, 6) is -0.251. The predicted molar refractivity (Wildman–Crippen MR) is 69.4 cm³/mol. The van der Waals surface area contributed by atoms with Gasteiger partial charge in [0, 0.05) is 29.3 Å². The quantitative estimate of drug-likeness (QED) is 0.942. The molecule has 0 aliphatic rings. The summed E-state index contributed by atoms with van der Waals surface area (Å²) in [7, 11) is 1.90. The molecule has 0 atom stereocenters. The standard InChI is InChI=1S/C12H13BrFN3/c1-8-9(7-16-17(8)2)6-15-12-5-10(14)3-4-11(12)13/h3-5,7,15H,6H2,1-2H3. The van der Waals surface area contributed by atoms with Crippen molar-refractivity contribution in [2.24, 2.45) is 7.05 Å². The van der Waals surface area contributed by atoms with E-state index in [1.54, 1.807) is 6.07 Å². The Hall–Kier alpha value is -1.36. The molecular weight excluding hydrogens is 285 g/mol. The van der Waals surface area contributed by atoms with Crippen molar-refractivity contribution in [1.29, 1.82) is 0 Å². The highest BCUT2D eigenvalue weighted by Crippen LogP contribution is 2.23. The lowest BCUT2D eigenvalue weighted by atomic mass is 10.2. The van der Waals surface area contributed by atoms with Crippen LogP contribution in [0.4, 0.5) is 10.1 Å². The Morgan fingerprint density at radius 3 is 2.88 bits per heavy atom. The highest BCUT2D eigenvalue weighted by molar-refractivity contribution is 9.10. The second-order valence-electron chi connectivity index (χ2n) is 3.86. The van der Waals surface area contributed by atoms with Crippen molar-refractivity contribution in [1.82, 2.24) is 9.78 Å². The van der Waals surface area contributed by atoms with Crippen molar-refractivity contribution >= 4 is 21.6 Å². The molecule has 0 aliphatic heterocycles. The van der Waals surface area contributed by atoms with Crippen molar-refractivity contribution < 1.29 is 4.39 Å². The lowest BCUT2D eigenvalue weighted by Gasteiger charge is -2.08. The normalized spacial score (nSPS) is 10.6. The van der Waals surface area contributed by atoms with E-state index in [9.17, 15) is 4.39 Å². The van der Waals surface area contributed by atoms with Gasteiger partial charge >= 0.3 is 0 Å². The molecule has 0 unspecified atom stereocenters. The van der Waals surface area contributed by atoms with Gasteiger partial charge in [0.2, 0.25) is 0 Å². The number of nitrogens with zero attached hydrogens (tertiary/aromatic N) is 2. The van der Waals surface area contributed by atoms with Gasteiger partial charge in [-0.1, -0.05) is 0 Å². The van der Waals surface area contributed by atoms with Gasteiger partial charge in [0.25, 0.3) is 0 Å². The van der Waals surface area contributed by atoms with E-state index in [0.717, 1.165) is 21.4 Å². The molecule has 2 rings (SSSR count). The fraction of sp³-hybridized carbons (Fsp3) is 0.250. The van der Waals surface area contributed by atoms with Crippen LogP contribution in [0.3, 0.4) is 0 Å². The molecule has 0 bridgehead atoms. The van der Waals surface area contributed by atoms with Crippen LogP contribution in [0, 0.1) is 12.7 Å². The molecule has 0 radical (unpaired) electrons. The Labute approximate surface area is 108 Å². The van der Waals surface area contributed by atoms with Crippen molar-refractivity contribution in [3.05, 3.63) is 45.9 Å². The molecule has 0 aliphatic carbocycles. The maximum absolute atomic E-state index is 13.1. The van der Waals surface area contributed by atoms with Crippen LogP contribution in [0.15, 0.2) is 28.9 Å². The van der Waals surface area contributed by atoms with Crippen LogP contribution in [0.5, 0.6) is 0 Å². The summed E-state index contributed by atoms with van der Waals surface area (Å²) in [6.45, 7) is 2.63. The zero-order valence-corrected chi connectivity index (χ0v) is 11.3. The number of aromatic nitrogens is 2. The molecule has 1 heterocycles. The van der Waals surface area contributed by atoms with Gasteiger partial charge in [-0.15, -0.1) is 0 Å². The van der Waals surface area contributed by atoms with Gasteiger partial charge in [-0.05, 0) is 41.1 Å². The minimum atomic E-state index is -0.251. The van der Waals surface area contributed by atoms with Crippen LogP contribution in [0.1, 0.15) is 11.3 Å². The Bertz CT molecular complexity index is 537. The van der Waals surface area contributed by atoms with Gasteiger partial charge in [-0.2, -0.15) is 5.10 Å². The molecule has 0 saturated heterocycles. The SMILES string of the molecule is Cc1c(CNc2cc(F)ccc2Br)cnn1C. The summed E-state index contributed by atoms with van der Waals surface area (Å²) in [5.41, 5.74) is 2.95. The summed E-state index contributed by atoms with van der Waals surface area (Å²) in [6, 6.07) is 4.58. The van der Waals surface area contributed by atoms with Crippen molar-refractivity contribution in [3.63, 3.8) is 0 Å². The first kappa shape index (κ1) is 12.1. The van der Waals surface area contributed by atoms with Crippen LogP contribution >= 0.6 is 15.9 Å². The smallest absolute Gasteiger partial charge is 0.125 e. The molecule has 90 valence electrons.